The largest absolute Gasteiger partial charge is 0.320 e. The molecule has 0 aliphatic heterocycles. The van der Waals surface area contributed by atoms with Gasteiger partial charge in [-0.05, 0) is 33.4 Å². The van der Waals surface area contributed by atoms with Gasteiger partial charge < -0.3 is 5.32 Å². The van der Waals surface area contributed by atoms with Gasteiger partial charge in [-0.1, -0.05) is 36.5 Å². The molecule has 0 aromatic carbocycles. The lowest BCUT2D eigenvalue weighted by molar-refractivity contribution is 0.726. The summed E-state index contributed by atoms with van der Waals surface area (Å²) in [5.41, 5.74) is 1.38. The summed E-state index contributed by atoms with van der Waals surface area (Å²) in [7, 11) is 1.98. The van der Waals surface area contributed by atoms with Crippen molar-refractivity contribution in [3.8, 4) is 0 Å². The Labute approximate surface area is 75.9 Å². The summed E-state index contributed by atoms with van der Waals surface area (Å²) < 4.78 is 0. The van der Waals surface area contributed by atoms with Gasteiger partial charge in [0.1, 0.15) is 0 Å². The minimum absolute atomic E-state index is 1.08. The van der Waals surface area contributed by atoms with Crippen molar-refractivity contribution >= 4 is 0 Å². The molecule has 0 aliphatic rings. The lowest BCUT2D eigenvalue weighted by atomic mass is 10.1. The molecule has 1 nitrogen and oxygen atoms in total. The normalized spacial score (nSPS) is 12.3. The molecule has 1 N–H and O–H groups in total. The van der Waals surface area contributed by atoms with Crippen molar-refractivity contribution in [2.45, 2.75) is 19.8 Å². The molecular formula is C11H19N. The molecule has 0 radical (unpaired) electrons. The molecule has 12 heavy (non-hydrogen) atoms. The van der Waals surface area contributed by atoms with Crippen molar-refractivity contribution in [1.29, 1.82) is 0 Å². The predicted octanol–water partition coefficient (Wildman–Crippen LogP) is 2.67. The molecule has 68 valence electrons. The van der Waals surface area contributed by atoms with Crippen LogP contribution in [0.4, 0.5) is 0 Å². The third kappa shape index (κ3) is 5.93. The first-order valence-electron chi connectivity index (χ1n) is 4.44. The highest BCUT2D eigenvalue weighted by Crippen LogP contribution is 2.05. The van der Waals surface area contributed by atoms with E-state index in [4.69, 9.17) is 0 Å². The highest BCUT2D eigenvalue weighted by Gasteiger charge is 1.89. The molecule has 0 aromatic heterocycles. The fourth-order valence-electron chi connectivity index (χ4n) is 0.985. The second-order valence-corrected chi connectivity index (χ2v) is 2.67. The first kappa shape index (κ1) is 11.2. The topological polar surface area (TPSA) is 12.0 Å². The maximum atomic E-state index is 3.64. The zero-order valence-corrected chi connectivity index (χ0v) is 8.14. The summed E-state index contributed by atoms with van der Waals surface area (Å²) >= 11 is 0. The molecule has 0 aromatic rings. The summed E-state index contributed by atoms with van der Waals surface area (Å²) in [6.45, 7) is 6.79. The summed E-state index contributed by atoms with van der Waals surface area (Å²) in [6, 6.07) is 0. The van der Waals surface area contributed by atoms with Crippen LogP contribution in [0.3, 0.4) is 0 Å². The van der Waals surface area contributed by atoms with Gasteiger partial charge in [-0.15, -0.1) is 0 Å². The quantitative estimate of drug-likeness (QED) is 0.471. The van der Waals surface area contributed by atoms with Crippen LogP contribution in [-0.2, 0) is 0 Å². The lowest BCUT2D eigenvalue weighted by Gasteiger charge is -2.00. The molecule has 0 atom stereocenters. The van der Waals surface area contributed by atoms with Crippen molar-refractivity contribution in [3.63, 3.8) is 0 Å². The van der Waals surface area contributed by atoms with Crippen LogP contribution in [0.1, 0.15) is 19.8 Å². The van der Waals surface area contributed by atoms with Crippen molar-refractivity contribution in [2.75, 3.05) is 13.6 Å². The standard InChI is InChI=1S/C11H19N/c1-4-6-8-11(5-2)9-7-10-12-3/h4-6,8,12H,1,7,9-10H2,2-3H3/b8-6-,11-5+. The van der Waals surface area contributed by atoms with E-state index in [-0.39, 0.29) is 0 Å². The lowest BCUT2D eigenvalue weighted by Crippen LogP contribution is -2.07. The highest BCUT2D eigenvalue weighted by atomic mass is 14.8. The van der Waals surface area contributed by atoms with Crippen molar-refractivity contribution in [2.24, 2.45) is 0 Å². The van der Waals surface area contributed by atoms with Gasteiger partial charge in [0.2, 0.25) is 0 Å². The van der Waals surface area contributed by atoms with Crippen LogP contribution < -0.4 is 5.32 Å². The fraction of sp³-hybridized carbons (Fsp3) is 0.455. The van der Waals surface area contributed by atoms with Crippen LogP contribution >= 0.6 is 0 Å². The van der Waals surface area contributed by atoms with Gasteiger partial charge in [0.25, 0.3) is 0 Å². The maximum Gasteiger partial charge on any atom is -0.00488 e. The molecule has 1 heteroatoms. The predicted molar refractivity (Wildman–Crippen MR) is 56.3 cm³/mol. The molecular weight excluding hydrogens is 146 g/mol. The summed E-state index contributed by atoms with van der Waals surface area (Å²) in [5, 5.41) is 3.13. The van der Waals surface area contributed by atoms with Crippen molar-refractivity contribution in [1.82, 2.24) is 5.32 Å². The number of hydrogen-bond acceptors (Lipinski definition) is 1. The smallest absolute Gasteiger partial charge is 0.00488 e. The molecule has 0 aliphatic carbocycles. The monoisotopic (exact) mass is 165 g/mol. The molecule has 0 saturated carbocycles. The first-order valence-corrected chi connectivity index (χ1v) is 4.44. The van der Waals surface area contributed by atoms with E-state index in [1.165, 1.54) is 12.0 Å². The Balaban J connectivity index is 3.69. The van der Waals surface area contributed by atoms with Crippen LogP contribution in [0.25, 0.3) is 0 Å². The Morgan fingerprint density at radius 2 is 2.25 bits per heavy atom. The van der Waals surface area contributed by atoms with Gasteiger partial charge in [-0.25, -0.2) is 0 Å². The zero-order chi connectivity index (χ0) is 9.23. The average molecular weight is 165 g/mol. The van der Waals surface area contributed by atoms with E-state index < -0.39 is 0 Å². The SMILES string of the molecule is C=C/C=C\C(=C/C)CCCNC. The Bertz CT molecular complexity index is 166. The van der Waals surface area contributed by atoms with Crippen LogP contribution in [0.5, 0.6) is 0 Å². The average Bonchev–Trinajstić information content (AvgIpc) is 2.11. The Kier molecular flexibility index (Phi) is 7.71. The number of allylic oxidation sites excluding steroid dienone is 5. The number of hydrogen-bond donors (Lipinski definition) is 1. The molecule has 0 rings (SSSR count). The van der Waals surface area contributed by atoms with E-state index in [2.05, 4.69) is 31.0 Å². The van der Waals surface area contributed by atoms with Crippen LogP contribution in [0.15, 0.2) is 36.5 Å². The van der Waals surface area contributed by atoms with Crippen LogP contribution in [0, 0.1) is 0 Å². The molecule has 0 bridgehead atoms. The van der Waals surface area contributed by atoms with E-state index in [9.17, 15) is 0 Å². The second kappa shape index (κ2) is 8.28. The zero-order valence-electron chi connectivity index (χ0n) is 8.14. The first-order chi connectivity index (χ1) is 5.85. The van der Waals surface area contributed by atoms with Crippen molar-refractivity contribution < 1.29 is 0 Å². The van der Waals surface area contributed by atoms with Gasteiger partial charge in [0.05, 0.1) is 0 Å². The third-order valence-corrected chi connectivity index (χ3v) is 1.71. The van der Waals surface area contributed by atoms with Crippen LogP contribution in [-0.4, -0.2) is 13.6 Å². The van der Waals surface area contributed by atoms with Gasteiger partial charge in [0.15, 0.2) is 0 Å². The maximum absolute atomic E-state index is 3.64. The minimum atomic E-state index is 1.08. The van der Waals surface area contributed by atoms with Gasteiger partial charge >= 0.3 is 0 Å². The minimum Gasteiger partial charge on any atom is -0.320 e. The van der Waals surface area contributed by atoms with E-state index in [1.54, 1.807) is 0 Å². The third-order valence-electron chi connectivity index (χ3n) is 1.71. The number of nitrogens with one attached hydrogen (secondary N) is 1. The summed E-state index contributed by atoms with van der Waals surface area (Å²) in [5.74, 6) is 0. The second-order valence-electron chi connectivity index (χ2n) is 2.67. The summed E-state index contributed by atoms with van der Waals surface area (Å²) in [6.07, 6.45) is 10.4. The highest BCUT2D eigenvalue weighted by molar-refractivity contribution is 5.20. The molecule has 0 saturated heterocycles. The van der Waals surface area contributed by atoms with E-state index in [0.29, 0.717) is 0 Å². The Morgan fingerprint density at radius 1 is 1.50 bits per heavy atom. The molecule has 0 amide bonds. The van der Waals surface area contributed by atoms with Crippen LogP contribution in [0.2, 0.25) is 0 Å². The summed E-state index contributed by atoms with van der Waals surface area (Å²) in [4.78, 5) is 0. The van der Waals surface area contributed by atoms with E-state index in [1.807, 2.05) is 19.2 Å². The molecule has 0 spiro atoms. The van der Waals surface area contributed by atoms with Gasteiger partial charge in [-0.2, -0.15) is 0 Å². The van der Waals surface area contributed by atoms with Crippen molar-refractivity contribution in [3.05, 3.63) is 36.5 Å². The van der Waals surface area contributed by atoms with E-state index in [0.717, 1.165) is 13.0 Å². The molecule has 0 heterocycles. The number of rotatable bonds is 6. The Morgan fingerprint density at radius 3 is 2.75 bits per heavy atom. The molecule has 0 fully saturated rings. The molecule has 0 unspecified atom stereocenters. The fourth-order valence-corrected chi connectivity index (χ4v) is 0.985. The van der Waals surface area contributed by atoms with E-state index >= 15 is 0 Å². The van der Waals surface area contributed by atoms with Gasteiger partial charge in [0, 0.05) is 0 Å². The van der Waals surface area contributed by atoms with Gasteiger partial charge in [-0.3, -0.25) is 0 Å². The Hall–Kier alpha value is -0.820.